The molecule has 2 saturated carbocycles. The topological polar surface area (TPSA) is 83.8 Å². The van der Waals surface area contributed by atoms with Crippen molar-refractivity contribution in [3.8, 4) is 0 Å². The molecule has 0 radical (unpaired) electrons. The van der Waals surface area contributed by atoms with Gasteiger partial charge in [-0.1, -0.05) is 29.8 Å². The maximum absolute atomic E-state index is 13.2. The Morgan fingerprint density at radius 1 is 1.00 bits per heavy atom. The van der Waals surface area contributed by atoms with Gasteiger partial charge in [0.2, 0.25) is 5.91 Å². The number of pyridine rings is 2. The molecule has 2 unspecified atom stereocenters. The largest absolute Gasteiger partial charge is 0.379 e. The minimum atomic E-state index is -0.0674. The number of nitrogens with zero attached hydrogens (tertiary/aromatic N) is 4. The zero-order valence-corrected chi connectivity index (χ0v) is 23.8. The molecule has 0 bridgehead atoms. The summed E-state index contributed by atoms with van der Waals surface area (Å²) in [7, 11) is 0. The Morgan fingerprint density at radius 2 is 1.88 bits per heavy atom. The number of fused-ring (bicyclic) bond motifs is 1. The van der Waals surface area contributed by atoms with Gasteiger partial charge in [0.15, 0.2) is 0 Å². The van der Waals surface area contributed by atoms with Crippen molar-refractivity contribution in [1.29, 1.82) is 0 Å². The molecule has 1 saturated heterocycles. The monoisotopic (exact) mass is 570 g/mol. The second-order valence-electron chi connectivity index (χ2n) is 11.5. The number of carbonyl (C=O) groups is 1. The first-order valence-electron chi connectivity index (χ1n) is 14.7. The molecule has 212 valence electrons. The predicted octanol–water partition coefficient (Wildman–Crippen LogP) is 5.49. The molecule has 41 heavy (non-hydrogen) atoms. The van der Waals surface area contributed by atoms with Gasteiger partial charge in [0, 0.05) is 66.8 Å². The Hall–Kier alpha value is -3.46. The highest BCUT2D eigenvalue weighted by Gasteiger charge is 2.44. The van der Waals surface area contributed by atoms with E-state index in [-0.39, 0.29) is 17.7 Å². The van der Waals surface area contributed by atoms with Crippen LogP contribution in [0.4, 0.5) is 11.5 Å². The highest BCUT2D eigenvalue weighted by Crippen LogP contribution is 2.48. The molecule has 0 spiro atoms. The third-order valence-corrected chi connectivity index (χ3v) is 8.60. The van der Waals surface area contributed by atoms with E-state index in [1.54, 1.807) is 0 Å². The number of aromatic nitrogens is 3. The molecule has 2 atom stereocenters. The van der Waals surface area contributed by atoms with Crippen molar-refractivity contribution >= 4 is 34.7 Å². The molecule has 3 fully saturated rings. The maximum atomic E-state index is 13.2. The SMILES string of the molecule is O=C(Nc1cc(NCc2cn3cc(C4CC4)ccc3n2)cc(CCN2CCOCC2)n1)C1CC1c1cccc(Cl)c1. The molecular weight excluding hydrogens is 536 g/mol. The fraction of sp³-hybridized carbons (Fsp3) is 0.406. The number of nitrogens with one attached hydrogen (secondary N) is 2. The number of ether oxygens (including phenoxy) is 1. The normalized spacial score (nSPS) is 20.7. The number of hydrogen-bond donors (Lipinski definition) is 2. The van der Waals surface area contributed by atoms with Crippen LogP contribution in [0.15, 0.2) is 60.9 Å². The van der Waals surface area contributed by atoms with E-state index in [1.165, 1.54) is 18.4 Å². The van der Waals surface area contributed by atoms with Crippen molar-refractivity contribution in [1.82, 2.24) is 19.3 Å². The van der Waals surface area contributed by atoms with Gasteiger partial charge in [-0.25, -0.2) is 9.97 Å². The number of hydrogen-bond acceptors (Lipinski definition) is 6. The van der Waals surface area contributed by atoms with Gasteiger partial charge < -0.3 is 19.8 Å². The molecular formula is C32H35ClN6O2. The number of morpholine rings is 1. The average Bonchev–Trinajstić information content (AvgIpc) is 3.92. The molecule has 4 heterocycles. The van der Waals surface area contributed by atoms with Crippen LogP contribution in [0.5, 0.6) is 0 Å². The van der Waals surface area contributed by atoms with Gasteiger partial charge in [-0.2, -0.15) is 0 Å². The number of amides is 1. The summed E-state index contributed by atoms with van der Waals surface area (Å²) in [6, 6.07) is 16.1. The van der Waals surface area contributed by atoms with Crippen LogP contribution in [-0.2, 0) is 22.5 Å². The highest BCUT2D eigenvalue weighted by atomic mass is 35.5. The van der Waals surface area contributed by atoms with Crippen LogP contribution in [-0.4, -0.2) is 58.0 Å². The molecule has 1 aromatic carbocycles. The molecule has 2 aliphatic carbocycles. The summed E-state index contributed by atoms with van der Waals surface area (Å²) in [6.07, 6.45) is 8.49. The van der Waals surface area contributed by atoms with Crippen molar-refractivity contribution in [3.05, 3.63) is 88.5 Å². The molecule has 1 amide bonds. The zero-order chi connectivity index (χ0) is 27.8. The number of rotatable bonds is 10. The van der Waals surface area contributed by atoms with Crippen LogP contribution < -0.4 is 10.6 Å². The summed E-state index contributed by atoms with van der Waals surface area (Å²) < 4.78 is 7.62. The number of benzene rings is 1. The Kier molecular flexibility index (Phi) is 7.37. The van der Waals surface area contributed by atoms with Gasteiger partial charge in [-0.3, -0.25) is 9.69 Å². The number of carbonyl (C=O) groups excluding carboxylic acids is 1. The molecule has 4 aromatic rings. The minimum absolute atomic E-state index is 0.00516. The van der Waals surface area contributed by atoms with Crippen LogP contribution in [0.3, 0.4) is 0 Å². The van der Waals surface area contributed by atoms with Crippen LogP contribution in [0, 0.1) is 5.92 Å². The first kappa shape index (κ1) is 26.4. The van der Waals surface area contributed by atoms with E-state index in [0.717, 1.165) is 74.0 Å². The Labute approximate surface area is 245 Å². The van der Waals surface area contributed by atoms with E-state index in [1.807, 2.05) is 30.3 Å². The Morgan fingerprint density at radius 3 is 2.71 bits per heavy atom. The van der Waals surface area contributed by atoms with E-state index in [2.05, 4.69) is 50.5 Å². The van der Waals surface area contributed by atoms with Gasteiger partial charge in [0.05, 0.1) is 25.5 Å². The average molecular weight is 571 g/mol. The van der Waals surface area contributed by atoms with Gasteiger partial charge in [-0.15, -0.1) is 0 Å². The molecule has 3 aromatic heterocycles. The lowest BCUT2D eigenvalue weighted by atomic mass is 10.1. The third kappa shape index (κ3) is 6.40. The highest BCUT2D eigenvalue weighted by molar-refractivity contribution is 6.30. The summed E-state index contributed by atoms with van der Waals surface area (Å²) in [5, 5.41) is 7.34. The van der Waals surface area contributed by atoms with E-state index >= 15 is 0 Å². The van der Waals surface area contributed by atoms with Gasteiger partial charge in [0.1, 0.15) is 11.5 Å². The fourth-order valence-corrected chi connectivity index (χ4v) is 5.98. The number of anilines is 2. The van der Waals surface area contributed by atoms with E-state index < -0.39 is 0 Å². The Bertz CT molecular complexity index is 1560. The maximum Gasteiger partial charge on any atom is 0.229 e. The second kappa shape index (κ2) is 11.4. The number of halogens is 1. The van der Waals surface area contributed by atoms with Crippen molar-refractivity contribution in [3.63, 3.8) is 0 Å². The van der Waals surface area contributed by atoms with Crippen molar-refractivity contribution in [2.45, 2.75) is 44.1 Å². The summed E-state index contributed by atoms with van der Waals surface area (Å²) in [4.78, 5) is 25.2. The molecule has 2 N–H and O–H groups in total. The third-order valence-electron chi connectivity index (χ3n) is 8.37. The smallest absolute Gasteiger partial charge is 0.229 e. The van der Waals surface area contributed by atoms with Crippen molar-refractivity contribution < 1.29 is 9.53 Å². The van der Waals surface area contributed by atoms with Crippen molar-refractivity contribution in [2.24, 2.45) is 5.92 Å². The zero-order valence-electron chi connectivity index (χ0n) is 23.1. The lowest BCUT2D eigenvalue weighted by Gasteiger charge is -2.26. The van der Waals surface area contributed by atoms with E-state index in [9.17, 15) is 4.79 Å². The Balaban J connectivity index is 1.05. The summed E-state index contributed by atoms with van der Waals surface area (Å²) in [5.74, 6) is 1.43. The lowest BCUT2D eigenvalue weighted by Crippen LogP contribution is -2.37. The van der Waals surface area contributed by atoms with Gasteiger partial charge in [0.25, 0.3) is 0 Å². The minimum Gasteiger partial charge on any atom is -0.379 e. The van der Waals surface area contributed by atoms with E-state index in [0.29, 0.717) is 23.3 Å². The summed E-state index contributed by atoms with van der Waals surface area (Å²) in [5.41, 5.74) is 6.30. The molecule has 8 nitrogen and oxygen atoms in total. The van der Waals surface area contributed by atoms with Crippen LogP contribution in [0.25, 0.3) is 5.65 Å². The number of imidazole rings is 1. The molecule has 1 aliphatic heterocycles. The predicted molar refractivity (Wildman–Crippen MR) is 161 cm³/mol. The fourth-order valence-electron chi connectivity index (χ4n) is 5.79. The summed E-state index contributed by atoms with van der Waals surface area (Å²) in [6.45, 7) is 4.90. The summed E-state index contributed by atoms with van der Waals surface area (Å²) >= 11 is 6.18. The lowest BCUT2D eigenvalue weighted by molar-refractivity contribution is -0.117. The van der Waals surface area contributed by atoms with Crippen LogP contribution in [0.1, 0.15) is 53.6 Å². The first-order valence-corrected chi connectivity index (χ1v) is 15.0. The first-order chi connectivity index (χ1) is 20.1. The van der Waals surface area contributed by atoms with Gasteiger partial charge in [-0.05, 0) is 66.5 Å². The van der Waals surface area contributed by atoms with E-state index in [4.69, 9.17) is 26.3 Å². The quantitative estimate of drug-likeness (QED) is 0.262. The van der Waals surface area contributed by atoms with Crippen molar-refractivity contribution in [2.75, 3.05) is 43.5 Å². The van der Waals surface area contributed by atoms with Gasteiger partial charge >= 0.3 is 0 Å². The molecule has 9 heteroatoms. The van der Waals surface area contributed by atoms with Crippen LogP contribution >= 0.6 is 11.6 Å². The second-order valence-corrected chi connectivity index (χ2v) is 12.0. The standard InChI is InChI=1S/C32H35ClN6O2/c33-24-3-1-2-22(14-24)28-17-29(28)32(40)37-30-16-26(15-25(35-30)8-9-38-10-12-41-13-11-38)34-18-27-20-39-19-23(21-4-5-21)6-7-31(39)36-27/h1-3,6-7,14-16,19-21,28-29H,4-5,8-13,17-18H2,(H2,34,35,37,40). The molecule has 7 rings (SSSR count). The molecule has 3 aliphatic rings. The van der Waals surface area contributed by atoms with Crippen LogP contribution in [0.2, 0.25) is 5.02 Å².